The molecule has 0 saturated heterocycles. The number of hydrogen-bond donors (Lipinski definition) is 2. The Morgan fingerprint density at radius 2 is 1.62 bits per heavy atom. The second kappa shape index (κ2) is 6.39. The molecule has 1 unspecified atom stereocenters. The first-order valence-electron chi connectivity index (χ1n) is 6.85. The highest BCUT2D eigenvalue weighted by Gasteiger charge is 2.24. The summed E-state index contributed by atoms with van der Waals surface area (Å²) in [5, 5.41) is 20.6. The van der Waals surface area contributed by atoms with E-state index in [1.165, 1.54) is 20.3 Å². The summed E-state index contributed by atoms with van der Waals surface area (Å²) >= 11 is 0. The molecule has 0 amide bonds. The molecule has 4 nitrogen and oxygen atoms in total. The summed E-state index contributed by atoms with van der Waals surface area (Å²) in [6, 6.07) is 11.4. The van der Waals surface area contributed by atoms with E-state index >= 15 is 0 Å². The molecule has 0 aliphatic rings. The van der Waals surface area contributed by atoms with Crippen LogP contribution in [0.1, 0.15) is 30.4 Å². The second-order valence-corrected chi connectivity index (χ2v) is 4.77. The largest absolute Gasteiger partial charge is 0.504 e. The van der Waals surface area contributed by atoms with Crippen LogP contribution >= 0.6 is 0 Å². The average Bonchev–Trinajstić information content (AvgIpc) is 2.51. The fourth-order valence-corrected chi connectivity index (χ4v) is 2.61. The van der Waals surface area contributed by atoms with Gasteiger partial charge in [-0.2, -0.15) is 0 Å². The Bertz CT molecular complexity index is 608. The molecule has 21 heavy (non-hydrogen) atoms. The summed E-state index contributed by atoms with van der Waals surface area (Å²) in [4.78, 5) is 0. The number of benzene rings is 2. The van der Waals surface area contributed by atoms with Crippen LogP contribution in [-0.2, 0) is 0 Å². The minimum absolute atomic E-state index is 0.00264. The first kappa shape index (κ1) is 15.0. The molecular formula is C17H20O4. The van der Waals surface area contributed by atoms with Gasteiger partial charge in [-0.05, 0) is 18.1 Å². The minimum atomic E-state index is -0.0449. The highest BCUT2D eigenvalue weighted by Crippen LogP contribution is 2.49. The van der Waals surface area contributed by atoms with Crippen LogP contribution in [0, 0.1) is 0 Å². The Labute approximate surface area is 124 Å². The summed E-state index contributed by atoms with van der Waals surface area (Å²) < 4.78 is 10.3. The Hall–Kier alpha value is -2.36. The number of ether oxygens (including phenoxy) is 2. The normalized spacial score (nSPS) is 12.0. The zero-order valence-electron chi connectivity index (χ0n) is 12.5. The van der Waals surface area contributed by atoms with Crippen molar-refractivity contribution in [3.05, 3.63) is 47.5 Å². The maximum atomic E-state index is 10.5. The monoisotopic (exact) mass is 288 g/mol. The van der Waals surface area contributed by atoms with Gasteiger partial charge >= 0.3 is 0 Å². The summed E-state index contributed by atoms with van der Waals surface area (Å²) in [5.74, 6) is 0.222. The Balaban J connectivity index is 2.60. The van der Waals surface area contributed by atoms with Crippen molar-refractivity contribution in [1.29, 1.82) is 0 Å². The minimum Gasteiger partial charge on any atom is -0.504 e. The number of phenols is 2. The summed E-state index contributed by atoms with van der Waals surface area (Å²) in [7, 11) is 2.86. The van der Waals surface area contributed by atoms with Crippen molar-refractivity contribution in [2.24, 2.45) is 0 Å². The smallest absolute Gasteiger partial charge is 0.207 e. The van der Waals surface area contributed by atoms with Crippen molar-refractivity contribution >= 4 is 0 Å². The van der Waals surface area contributed by atoms with Gasteiger partial charge in [0.1, 0.15) is 0 Å². The molecule has 0 bridgehead atoms. The summed E-state index contributed by atoms with van der Waals surface area (Å²) in [6.07, 6.45) is 0.784. The molecule has 0 heterocycles. The molecule has 0 aliphatic carbocycles. The van der Waals surface area contributed by atoms with Gasteiger partial charge in [0.15, 0.2) is 11.5 Å². The maximum Gasteiger partial charge on any atom is 0.207 e. The first-order chi connectivity index (χ1) is 10.1. The summed E-state index contributed by atoms with van der Waals surface area (Å²) in [6.45, 7) is 2.03. The zero-order chi connectivity index (χ0) is 15.4. The molecule has 4 heteroatoms. The molecule has 0 saturated carbocycles. The van der Waals surface area contributed by atoms with Crippen LogP contribution in [-0.4, -0.2) is 24.4 Å². The van der Waals surface area contributed by atoms with Crippen LogP contribution in [0.4, 0.5) is 0 Å². The van der Waals surface area contributed by atoms with Crippen molar-refractivity contribution in [2.45, 2.75) is 19.3 Å². The lowest BCUT2D eigenvalue weighted by atomic mass is 9.88. The molecule has 2 N–H and O–H groups in total. The van der Waals surface area contributed by atoms with Crippen molar-refractivity contribution < 1.29 is 19.7 Å². The van der Waals surface area contributed by atoms with Gasteiger partial charge in [-0.15, -0.1) is 0 Å². The number of phenolic OH excluding ortho intramolecular Hbond substituents is 2. The van der Waals surface area contributed by atoms with Crippen molar-refractivity contribution in [3.63, 3.8) is 0 Å². The highest BCUT2D eigenvalue weighted by molar-refractivity contribution is 5.63. The molecule has 0 radical (unpaired) electrons. The van der Waals surface area contributed by atoms with Gasteiger partial charge in [0.05, 0.1) is 14.2 Å². The van der Waals surface area contributed by atoms with E-state index in [0.29, 0.717) is 5.56 Å². The van der Waals surface area contributed by atoms with E-state index in [9.17, 15) is 10.2 Å². The van der Waals surface area contributed by atoms with Crippen LogP contribution in [0.5, 0.6) is 23.0 Å². The van der Waals surface area contributed by atoms with Crippen LogP contribution in [0.2, 0.25) is 0 Å². The second-order valence-electron chi connectivity index (χ2n) is 4.77. The number of aromatic hydroxyl groups is 2. The van der Waals surface area contributed by atoms with E-state index in [-0.39, 0.29) is 28.9 Å². The fourth-order valence-electron chi connectivity index (χ4n) is 2.61. The van der Waals surface area contributed by atoms with E-state index in [4.69, 9.17) is 9.47 Å². The SMILES string of the molecule is CCC(c1ccccc1)c1cc(O)c(OC)c(OC)c1O. The third-order valence-corrected chi connectivity index (χ3v) is 3.61. The summed E-state index contributed by atoms with van der Waals surface area (Å²) in [5.41, 5.74) is 1.70. The molecule has 2 aromatic rings. The van der Waals surface area contributed by atoms with Gasteiger partial charge in [-0.25, -0.2) is 0 Å². The van der Waals surface area contributed by atoms with E-state index < -0.39 is 0 Å². The van der Waals surface area contributed by atoms with Crippen molar-refractivity contribution in [3.8, 4) is 23.0 Å². The van der Waals surface area contributed by atoms with Crippen molar-refractivity contribution in [2.75, 3.05) is 14.2 Å². The average molecular weight is 288 g/mol. The predicted molar refractivity (Wildman–Crippen MR) is 81.5 cm³/mol. The lowest BCUT2D eigenvalue weighted by molar-refractivity contribution is 0.314. The Kier molecular flexibility index (Phi) is 4.58. The van der Waals surface area contributed by atoms with Gasteiger partial charge in [0.2, 0.25) is 11.5 Å². The Morgan fingerprint density at radius 1 is 1.00 bits per heavy atom. The van der Waals surface area contributed by atoms with E-state index in [1.807, 2.05) is 37.3 Å². The van der Waals surface area contributed by atoms with Gasteiger partial charge in [-0.1, -0.05) is 37.3 Å². The molecule has 0 aliphatic heterocycles. The van der Waals surface area contributed by atoms with Crippen LogP contribution < -0.4 is 9.47 Å². The van der Waals surface area contributed by atoms with Crippen molar-refractivity contribution in [1.82, 2.24) is 0 Å². The zero-order valence-corrected chi connectivity index (χ0v) is 12.5. The third kappa shape index (κ3) is 2.75. The molecule has 0 fully saturated rings. The van der Waals surface area contributed by atoms with Crippen LogP contribution in [0.15, 0.2) is 36.4 Å². The Morgan fingerprint density at radius 3 is 2.14 bits per heavy atom. The first-order valence-corrected chi connectivity index (χ1v) is 6.85. The third-order valence-electron chi connectivity index (χ3n) is 3.61. The maximum absolute atomic E-state index is 10.5. The fraction of sp³-hybridized carbons (Fsp3) is 0.294. The molecule has 2 aromatic carbocycles. The molecule has 2 rings (SSSR count). The number of hydrogen-bond acceptors (Lipinski definition) is 4. The molecular weight excluding hydrogens is 268 g/mol. The van der Waals surface area contributed by atoms with Crippen LogP contribution in [0.25, 0.3) is 0 Å². The number of methoxy groups -OCH3 is 2. The van der Waals surface area contributed by atoms with Crippen LogP contribution in [0.3, 0.4) is 0 Å². The quantitative estimate of drug-likeness (QED) is 0.824. The topological polar surface area (TPSA) is 58.9 Å². The van der Waals surface area contributed by atoms with Gasteiger partial charge < -0.3 is 19.7 Å². The van der Waals surface area contributed by atoms with Gasteiger partial charge in [0.25, 0.3) is 0 Å². The van der Waals surface area contributed by atoms with Gasteiger partial charge in [-0.3, -0.25) is 0 Å². The van der Waals surface area contributed by atoms with E-state index in [1.54, 1.807) is 0 Å². The molecule has 1 atom stereocenters. The molecule has 112 valence electrons. The molecule has 0 spiro atoms. The predicted octanol–water partition coefficient (Wildman–Crippen LogP) is 3.66. The lowest BCUT2D eigenvalue weighted by Gasteiger charge is -2.20. The lowest BCUT2D eigenvalue weighted by Crippen LogP contribution is -2.02. The molecule has 0 aromatic heterocycles. The standard InChI is InChI=1S/C17H20O4/c1-4-12(11-8-6-5-7-9-11)13-10-14(18)16(20-2)17(21-3)15(13)19/h5-10,12,18-19H,4H2,1-3H3. The van der Waals surface area contributed by atoms with Gasteiger partial charge in [0, 0.05) is 11.5 Å². The van der Waals surface area contributed by atoms with E-state index in [0.717, 1.165) is 12.0 Å². The van der Waals surface area contributed by atoms with E-state index in [2.05, 4.69) is 0 Å². The highest BCUT2D eigenvalue weighted by atomic mass is 16.5. The number of rotatable bonds is 5.